The Hall–Kier alpha value is -1.63. The highest BCUT2D eigenvalue weighted by Gasteiger charge is 2.37. The molecule has 2 saturated heterocycles. The van der Waals surface area contributed by atoms with E-state index in [1.165, 1.54) is 0 Å². The highest BCUT2D eigenvalue weighted by molar-refractivity contribution is 5.74. The maximum atomic E-state index is 10.4. The maximum Gasteiger partial charge on any atom is 0.298 e. The zero-order valence-corrected chi connectivity index (χ0v) is 11.8. The van der Waals surface area contributed by atoms with Gasteiger partial charge < -0.3 is 19.2 Å². The summed E-state index contributed by atoms with van der Waals surface area (Å²) in [5.74, 6) is 0. The van der Waals surface area contributed by atoms with E-state index in [1.54, 1.807) is 0 Å². The summed E-state index contributed by atoms with van der Waals surface area (Å²) in [4.78, 5) is 8.85. The van der Waals surface area contributed by atoms with Crippen LogP contribution in [0.15, 0.2) is 28.7 Å². The van der Waals surface area contributed by atoms with Crippen molar-refractivity contribution in [1.82, 2.24) is 9.88 Å². The molecule has 0 amide bonds. The van der Waals surface area contributed by atoms with E-state index in [9.17, 15) is 5.11 Å². The molecule has 6 nitrogen and oxygen atoms in total. The number of oxazole rings is 1. The number of rotatable bonds is 2. The van der Waals surface area contributed by atoms with Crippen molar-refractivity contribution in [3.63, 3.8) is 0 Å². The summed E-state index contributed by atoms with van der Waals surface area (Å²) in [5, 5.41) is 10.4. The number of aromatic nitrogens is 1. The monoisotopic (exact) mass is 289 g/mol. The van der Waals surface area contributed by atoms with E-state index in [-0.39, 0.29) is 12.1 Å². The topological polar surface area (TPSA) is 62.0 Å². The van der Waals surface area contributed by atoms with Crippen molar-refractivity contribution in [2.24, 2.45) is 0 Å². The van der Waals surface area contributed by atoms with Gasteiger partial charge >= 0.3 is 0 Å². The van der Waals surface area contributed by atoms with E-state index < -0.39 is 0 Å². The second-order valence-electron chi connectivity index (χ2n) is 5.65. The Morgan fingerprint density at radius 3 is 2.76 bits per heavy atom. The van der Waals surface area contributed by atoms with Gasteiger partial charge in [-0.15, -0.1) is 0 Å². The lowest BCUT2D eigenvalue weighted by Gasteiger charge is -2.33. The van der Waals surface area contributed by atoms with Crippen LogP contribution in [-0.4, -0.2) is 66.5 Å². The molecule has 3 heterocycles. The Labute approximate surface area is 122 Å². The second kappa shape index (κ2) is 5.29. The third-order valence-electron chi connectivity index (χ3n) is 4.33. The lowest BCUT2D eigenvalue weighted by Crippen LogP contribution is -2.48. The summed E-state index contributed by atoms with van der Waals surface area (Å²) in [6, 6.07) is 8.47. The number of hydrogen-bond donors (Lipinski definition) is 1. The number of aliphatic hydroxyl groups is 1. The molecule has 2 aliphatic heterocycles. The van der Waals surface area contributed by atoms with Gasteiger partial charge in [-0.2, -0.15) is 4.98 Å². The fraction of sp³-hybridized carbons (Fsp3) is 0.533. The van der Waals surface area contributed by atoms with E-state index in [0.717, 1.165) is 43.9 Å². The predicted molar refractivity (Wildman–Crippen MR) is 78.4 cm³/mol. The fourth-order valence-electron chi connectivity index (χ4n) is 3.19. The molecular formula is C15H19N3O3. The third-order valence-corrected chi connectivity index (χ3v) is 4.33. The zero-order chi connectivity index (χ0) is 14.2. The van der Waals surface area contributed by atoms with Crippen molar-refractivity contribution in [3.05, 3.63) is 24.3 Å². The first-order valence-corrected chi connectivity index (χ1v) is 7.41. The van der Waals surface area contributed by atoms with Crippen LogP contribution < -0.4 is 4.90 Å². The Bertz CT molecular complexity index is 590. The number of nitrogens with zero attached hydrogens (tertiary/aromatic N) is 3. The van der Waals surface area contributed by atoms with Crippen molar-refractivity contribution >= 4 is 17.1 Å². The molecule has 1 N–H and O–H groups in total. The summed E-state index contributed by atoms with van der Waals surface area (Å²) in [7, 11) is 0. The second-order valence-corrected chi connectivity index (χ2v) is 5.65. The van der Waals surface area contributed by atoms with Crippen LogP contribution in [0.25, 0.3) is 11.1 Å². The minimum Gasteiger partial charge on any atom is -0.423 e. The summed E-state index contributed by atoms with van der Waals surface area (Å²) in [6.45, 7) is 4.55. The Balaban J connectivity index is 1.54. The average molecular weight is 289 g/mol. The SMILES string of the molecule is O[C@H]1CN(c2nc3ccccc3o2)C[C@@H]1N1CCOCC1. The quantitative estimate of drug-likeness (QED) is 0.878. The Morgan fingerprint density at radius 2 is 1.95 bits per heavy atom. The van der Waals surface area contributed by atoms with Gasteiger partial charge in [-0.05, 0) is 12.1 Å². The molecule has 6 heteroatoms. The molecule has 2 aromatic rings. The maximum absolute atomic E-state index is 10.4. The summed E-state index contributed by atoms with van der Waals surface area (Å²) < 4.78 is 11.2. The standard InChI is InChI=1S/C15H19N3O3/c19-13-10-18(9-12(13)17-5-7-20-8-6-17)15-16-11-3-1-2-4-14(11)21-15/h1-4,12-13,19H,5-10H2/t12-,13-/m0/s1. The van der Waals surface area contributed by atoms with Crippen molar-refractivity contribution in [2.75, 3.05) is 44.3 Å². The van der Waals surface area contributed by atoms with Crippen LogP contribution in [0, 0.1) is 0 Å². The smallest absolute Gasteiger partial charge is 0.298 e. The van der Waals surface area contributed by atoms with Crippen LogP contribution in [0.2, 0.25) is 0 Å². The number of para-hydroxylation sites is 2. The number of hydrogen-bond acceptors (Lipinski definition) is 6. The molecule has 2 fully saturated rings. The van der Waals surface area contributed by atoms with Gasteiger partial charge in [0.1, 0.15) is 5.52 Å². The minimum atomic E-state index is -0.377. The molecule has 0 spiro atoms. The van der Waals surface area contributed by atoms with Gasteiger partial charge in [0, 0.05) is 26.2 Å². The lowest BCUT2D eigenvalue weighted by molar-refractivity contribution is -0.00588. The predicted octanol–water partition coefficient (Wildman–Crippen LogP) is 0.709. The minimum absolute atomic E-state index is 0.129. The van der Waals surface area contributed by atoms with Crippen molar-refractivity contribution in [3.8, 4) is 0 Å². The van der Waals surface area contributed by atoms with E-state index in [2.05, 4.69) is 9.88 Å². The van der Waals surface area contributed by atoms with E-state index in [1.807, 2.05) is 29.2 Å². The van der Waals surface area contributed by atoms with Crippen molar-refractivity contribution < 1.29 is 14.3 Å². The molecule has 21 heavy (non-hydrogen) atoms. The van der Waals surface area contributed by atoms with Gasteiger partial charge in [-0.3, -0.25) is 4.90 Å². The highest BCUT2D eigenvalue weighted by atomic mass is 16.5. The molecule has 1 aromatic carbocycles. The molecule has 0 radical (unpaired) electrons. The number of β-amino-alcohol motifs (C(OH)–C–C–N with tert-alkyl or cyclic N) is 1. The van der Waals surface area contributed by atoms with Crippen molar-refractivity contribution in [2.45, 2.75) is 12.1 Å². The molecule has 0 unspecified atom stereocenters. The van der Waals surface area contributed by atoms with E-state index in [4.69, 9.17) is 9.15 Å². The van der Waals surface area contributed by atoms with Crippen LogP contribution in [0.5, 0.6) is 0 Å². The van der Waals surface area contributed by atoms with E-state index in [0.29, 0.717) is 12.6 Å². The number of morpholine rings is 1. The van der Waals surface area contributed by atoms with E-state index >= 15 is 0 Å². The molecule has 2 aliphatic rings. The molecule has 1 aromatic heterocycles. The third kappa shape index (κ3) is 2.39. The van der Waals surface area contributed by atoms with Gasteiger partial charge in [-0.1, -0.05) is 12.1 Å². The number of benzene rings is 1. The molecule has 0 bridgehead atoms. The summed E-state index contributed by atoms with van der Waals surface area (Å²) in [5.41, 5.74) is 1.65. The number of fused-ring (bicyclic) bond motifs is 1. The number of ether oxygens (including phenoxy) is 1. The largest absolute Gasteiger partial charge is 0.423 e. The first kappa shape index (κ1) is 13.1. The highest BCUT2D eigenvalue weighted by Crippen LogP contribution is 2.26. The van der Waals surface area contributed by atoms with Crippen molar-refractivity contribution in [1.29, 1.82) is 0 Å². The van der Waals surface area contributed by atoms with Gasteiger partial charge in [0.25, 0.3) is 6.01 Å². The summed E-state index contributed by atoms with van der Waals surface area (Å²) in [6.07, 6.45) is -0.377. The normalized spacial score (nSPS) is 27.6. The average Bonchev–Trinajstić information content (AvgIpc) is 3.11. The lowest BCUT2D eigenvalue weighted by atomic mass is 10.2. The molecule has 4 rings (SSSR count). The van der Waals surface area contributed by atoms with Crippen LogP contribution in [0.1, 0.15) is 0 Å². The number of aliphatic hydroxyl groups excluding tert-OH is 1. The molecule has 0 saturated carbocycles. The van der Waals surface area contributed by atoms with Crippen LogP contribution in [0.4, 0.5) is 6.01 Å². The molecule has 0 aliphatic carbocycles. The first-order chi connectivity index (χ1) is 10.3. The first-order valence-electron chi connectivity index (χ1n) is 7.41. The van der Waals surface area contributed by atoms with Gasteiger partial charge in [0.05, 0.1) is 25.4 Å². The number of anilines is 1. The zero-order valence-electron chi connectivity index (χ0n) is 11.8. The fourth-order valence-corrected chi connectivity index (χ4v) is 3.19. The molecule has 112 valence electrons. The van der Waals surface area contributed by atoms with Gasteiger partial charge in [-0.25, -0.2) is 0 Å². The Kier molecular flexibility index (Phi) is 3.29. The van der Waals surface area contributed by atoms with Crippen LogP contribution in [-0.2, 0) is 4.74 Å². The molecule has 2 atom stereocenters. The summed E-state index contributed by atoms with van der Waals surface area (Å²) >= 11 is 0. The van der Waals surface area contributed by atoms with Crippen LogP contribution in [0.3, 0.4) is 0 Å². The molecular weight excluding hydrogens is 270 g/mol. The van der Waals surface area contributed by atoms with Crippen LogP contribution >= 0.6 is 0 Å². The van der Waals surface area contributed by atoms with Gasteiger partial charge in [0.2, 0.25) is 0 Å². The van der Waals surface area contributed by atoms with Gasteiger partial charge in [0.15, 0.2) is 5.58 Å². The Morgan fingerprint density at radius 1 is 1.14 bits per heavy atom.